The first-order valence-corrected chi connectivity index (χ1v) is 9.56. The lowest BCUT2D eigenvalue weighted by atomic mass is 10.1. The Hall–Kier alpha value is -2.83. The number of hydrogen-bond donors (Lipinski definition) is 1. The number of para-hydroxylation sites is 1. The number of fused-ring (bicyclic) bond motifs is 3. The molecule has 3 aromatic carbocycles. The molecule has 1 heterocycles. The lowest BCUT2D eigenvalue weighted by Gasteiger charge is -2.11. The van der Waals surface area contributed by atoms with Crippen molar-refractivity contribution in [1.82, 2.24) is 4.57 Å². The van der Waals surface area contributed by atoms with Crippen LogP contribution in [0.5, 0.6) is 5.75 Å². The van der Waals surface area contributed by atoms with Gasteiger partial charge in [-0.25, -0.2) is 8.42 Å². The smallest absolute Gasteiger partial charge is 0.210 e. The summed E-state index contributed by atoms with van der Waals surface area (Å²) in [6, 6.07) is 19.0. The fourth-order valence-electron chi connectivity index (χ4n) is 3.32. The molecule has 0 aliphatic heterocycles. The Morgan fingerprint density at radius 3 is 2.35 bits per heavy atom. The van der Waals surface area contributed by atoms with Crippen molar-refractivity contribution in [3.8, 4) is 5.75 Å². The molecule has 1 N–H and O–H groups in total. The number of ether oxygens (including phenoxy) is 1. The first kappa shape index (κ1) is 16.6. The lowest BCUT2D eigenvalue weighted by Crippen LogP contribution is -2.04. The molecule has 0 unspecified atom stereocenters. The first-order valence-electron chi connectivity index (χ1n) is 8.07. The van der Waals surface area contributed by atoms with E-state index < -0.39 is 9.84 Å². The Balaban J connectivity index is 2.07. The summed E-state index contributed by atoms with van der Waals surface area (Å²) in [5.74, 6) is -0.264. The SMILES string of the molecule is COCn1c2ccccc2c2ccc(S(=O)(=O)c3ccccc3)c(O)c21. The van der Waals surface area contributed by atoms with E-state index in [1.807, 2.05) is 24.3 Å². The number of benzene rings is 3. The number of phenolic OH excluding ortho intramolecular Hbond substituents is 1. The summed E-state index contributed by atoms with van der Waals surface area (Å²) in [6.07, 6.45) is 0. The number of aromatic nitrogens is 1. The number of phenols is 1. The predicted molar refractivity (Wildman–Crippen MR) is 100 cm³/mol. The minimum absolute atomic E-state index is 0.114. The van der Waals surface area contributed by atoms with E-state index in [2.05, 4.69) is 0 Å². The van der Waals surface area contributed by atoms with Gasteiger partial charge in [0.1, 0.15) is 11.6 Å². The van der Waals surface area contributed by atoms with Crippen LogP contribution < -0.4 is 0 Å². The third-order valence-electron chi connectivity index (χ3n) is 4.47. The highest BCUT2D eigenvalue weighted by atomic mass is 32.2. The van der Waals surface area contributed by atoms with Crippen LogP contribution in [-0.4, -0.2) is 25.2 Å². The third kappa shape index (κ3) is 2.38. The van der Waals surface area contributed by atoms with Gasteiger partial charge in [0.25, 0.3) is 0 Å². The molecule has 0 aliphatic carbocycles. The average molecular weight is 367 g/mol. The van der Waals surface area contributed by atoms with Gasteiger partial charge in [-0.05, 0) is 24.3 Å². The van der Waals surface area contributed by atoms with E-state index in [0.717, 1.165) is 16.3 Å². The monoisotopic (exact) mass is 367 g/mol. The van der Waals surface area contributed by atoms with Gasteiger partial charge in [0.05, 0.1) is 15.9 Å². The Kier molecular flexibility index (Phi) is 3.94. The van der Waals surface area contributed by atoms with E-state index in [9.17, 15) is 13.5 Å². The fourth-order valence-corrected chi connectivity index (χ4v) is 4.68. The number of hydrogen-bond acceptors (Lipinski definition) is 4. The zero-order valence-electron chi connectivity index (χ0n) is 14.1. The average Bonchev–Trinajstić information content (AvgIpc) is 2.98. The summed E-state index contributed by atoms with van der Waals surface area (Å²) >= 11 is 0. The molecule has 1 aromatic heterocycles. The van der Waals surface area contributed by atoms with Crippen molar-refractivity contribution in [2.45, 2.75) is 16.5 Å². The molecule has 26 heavy (non-hydrogen) atoms. The van der Waals surface area contributed by atoms with Gasteiger partial charge in [0, 0.05) is 17.9 Å². The predicted octanol–water partition coefficient (Wildman–Crippen LogP) is 3.94. The fraction of sp³-hybridized carbons (Fsp3) is 0.100. The molecule has 0 saturated carbocycles. The normalized spacial score (nSPS) is 12.0. The molecular formula is C20H17NO4S. The highest BCUT2D eigenvalue weighted by Crippen LogP contribution is 2.39. The maximum absolute atomic E-state index is 13.0. The molecule has 0 atom stereocenters. The molecule has 0 saturated heterocycles. The highest BCUT2D eigenvalue weighted by Gasteiger charge is 2.25. The molecule has 6 heteroatoms. The Bertz CT molecular complexity index is 1210. The summed E-state index contributed by atoms with van der Waals surface area (Å²) in [5, 5.41) is 12.6. The molecule has 4 aromatic rings. The Morgan fingerprint density at radius 2 is 1.62 bits per heavy atom. The quantitative estimate of drug-likeness (QED) is 0.593. The largest absolute Gasteiger partial charge is 0.504 e. The van der Waals surface area contributed by atoms with E-state index >= 15 is 0 Å². The van der Waals surface area contributed by atoms with Gasteiger partial charge in [-0.3, -0.25) is 0 Å². The second-order valence-electron chi connectivity index (χ2n) is 5.99. The molecule has 0 aliphatic rings. The van der Waals surface area contributed by atoms with Crippen LogP contribution in [-0.2, 0) is 21.3 Å². The van der Waals surface area contributed by atoms with Crippen LogP contribution in [0.1, 0.15) is 0 Å². The van der Waals surface area contributed by atoms with Crippen LogP contribution in [0.15, 0.2) is 76.5 Å². The third-order valence-corrected chi connectivity index (χ3v) is 6.27. The molecule has 5 nitrogen and oxygen atoms in total. The highest BCUT2D eigenvalue weighted by molar-refractivity contribution is 7.91. The molecule has 0 radical (unpaired) electrons. The van der Waals surface area contributed by atoms with Crippen molar-refractivity contribution >= 4 is 31.6 Å². The van der Waals surface area contributed by atoms with Crippen LogP contribution in [0.4, 0.5) is 0 Å². The molecule has 0 spiro atoms. The number of nitrogens with zero attached hydrogens (tertiary/aromatic N) is 1. The topological polar surface area (TPSA) is 68.5 Å². The second kappa shape index (κ2) is 6.16. The Labute approximate surface area is 151 Å². The maximum atomic E-state index is 13.0. The van der Waals surface area contributed by atoms with Crippen molar-refractivity contribution < 1.29 is 18.3 Å². The van der Waals surface area contributed by atoms with Crippen molar-refractivity contribution in [1.29, 1.82) is 0 Å². The summed E-state index contributed by atoms with van der Waals surface area (Å²) in [7, 11) is -2.28. The molecule has 0 bridgehead atoms. The summed E-state index contributed by atoms with van der Waals surface area (Å²) in [4.78, 5) is 0.0282. The number of sulfone groups is 1. The van der Waals surface area contributed by atoms with Gasteiger partial charge in [0.15, 0.2) is 5.75 Å². The van der Waals surface area contributed by atoms with Gasteiger partial charge in [-0.1, -0.05) is 42.5 Å². The molecule has 132 valence electrons. The molecule has 0 amide bonds. The van der Waals surface area contributed by atoms with E-state index in [0.29, 0.717) is 5.52 Å². The van der Waals surface area contributed by atoms with Gasteiger partial charge in [-0.15, -0.1) is 0 Å². The standard InChI is InChI=1S/C20H17NO4S/c1-25-13-21-17-10-6-5-9-15(17)16-11-12-18(20(22)19(16)21)26(23,24)14-7-3-2-4-8-14/h2-12,22H,13H2,1H3. The molecule has 0 fully saturated rings. The van der Waals surface area contributed by atoms with Crippen LogP contribution in [0.3, 0.4) is 0 Å². The van der Waals surface area contributed by atoms with Crippen LogP contribution >= 0.6 is 0 Å². The number of rotatable bonds is 4. The van der Waals surface area contributed by atoms with Gasteiger partial charge in [0.2, 0.25) is 9.84 Å². The molecular weight excluding hydrogens is 350 g/mol. The van der Waals surface area contributed by atoms with E-state index in [-0.39, 0.29) is 22.3 Å². The lowest BCUT2D eigenvalue weighted by molar-refractivity contribution is 0.137. The number of methoxy groups -OCH3 is 1. The second-order valence-corrected chi connectivity index (χ2v) is 7.91. The zero-order valence-corrected chi connectivity index (χ0v) is 14.9. The zero-order chi connectivity index (χ0) is 18.3. The first-order chi connectivity index (χ1) is 12.6. The molecule has 4 rings (SSSR count). The van der Waals surface area contributed by atoms with Gasteiger partial charge >= 0.3 is 0 Å². The summed E-state index contributed by atoms with van der Waals surface area (Å²) in [6.45, 7) is 0.201. The van der Waals surface area contributed by atoms with Crippen LogP contribution in [0, 0.1) is 0 Å². The van der Waals surface area contributed by atoms with Crippen molar-refractivity contribution in [3.63, 3.8) is 0 Å². The van der Waals surface area contributed by atoms with E-state index in [1.165, 1.54) is 18.2 Å². The minimum Gasteiger partial charge on any atom is -0.504 e. The van der Waals surface area contributed by atoms with E-state index in [1.54, 1.807) is 35.9 Å². The summed E-state index contributed by atoms with van der Waals surface area (Å²) in [5.41, 5.74) is 1.32. The van der Waals surface area contributed by atoms with Gasteiger partial charge in [-0.2, -0.15) is 0 Å². The van der Waals surface area contributed by atoms with Crippen LogP contribution in [0.25, 0.3) is 21.8 Å². The summed E-state index contributed by atoms with van der Waals surface area (Å²) < 4.78 is 33.0. The Morgan fingerprint density at radius 1 is 0.923 bits per heavy atom. The van der Waals surface area contributed by atoms with Crippen molar-refractivity contribution in [3.05, 3.63) is 66.7 Å². The van der Waals surface area contributed by atoms with Crippen molar-refractivity contribution in [2.24, 2.45) is 0 Å². The van der Waals surface area contributed by atoms with E-state index in [4.69, 9.17) is 4.74 Å². The van der Waals surface area contributed by atoms with Gasteiger partial charge < -0.3 is 14.4 Å². The van der Waals surface area contributed by atoms with Crippen molar-refractivity contribution in [2.75, 3.05) is 7.11 Å². The maximum Gasteiger partial charge on any atom is 0.210 e. The minimum atomic E-state index is -3.83. The number of aromatic hydroxyl groups is 1. The van der Waals surface area contributed by atoms with Crippen LogP contribution in [0.2, 0.25) is 0 Å².